The SMILES string of the molecule is CCCCCCCCc1cnc(-c2ccc(Oc3ccc(-c4ncc(CCCCCCCC)cn4)cc3CCCCCC[Si](C)(C)C)c(CCCCCC[Si](C)(C)C)c2)nc1. The van der Waals surface area contributed by atoms with Crippen molar-refractivity contribution in [3.05, 3.63) is 83.4 Å². The lowest BCUT2D eigenvalue weighted by atomic mass is 10.0. The van der Waals surface area contributed by atoms with Crippen molar-refractivity contribution in [2.75, 3.05) is 0 Å². The van der Waals surface area contributed by atoms with Gasteiger partial charge in [0.15, 0.2) is 11.6 Å². The maximum Gasteiger partial charge on any atom is 0.159 e. The molecule has 0 N–H and O–H groups in total. The minimum atomic E-state index is -1.01. The Bertz CT molecular complexity index is 1650. The molecule has 0 amide bonds. The van der Waals surface area contributed by atoms with Crippen molar-refractivity contribution >= 4 is 16.1 Å². The number of hydrogen-bond acceptors (Lipinski definition) is 5. The topological polar surface area (TPSA) is 60.8 Å². The average molecular weight is 863 g/mol. The molecule has 0 saturated heterocycles. The Balaban J connectivity index is 1.52. The molecule has 0 spiro atoms. The minimum Gasteiger partial charge on any atom is -0.457 e. The van der Waals surface area contributed by atoms with Crippen LogP contribution in [0.2, 0.25) is 51.4 Å². The summed E-state index contributed by atoms with van der Waals surface area (Å²) in [6, 6.07) is 16.1. The Labute approximate surface area is 376 Å². The van der Waals surface area contributed by atoms with E-state index in [4.69, 9.17) is 24.7 Å². The van der Waals surface area contributed by atoms with Gasteiger partial charge in [-0.3, -0.25) is 0 Å². The van der Waals surface area contributed by atoms with E-state index in [9.17, 15) is 0 Å². The molecular formula is C54H86N4OSi2. The first kappa shape index (κ1) is 50.5. The third kappa shape index (κ3) is 20.7. The zero-order chi connectivity index (χ0) is 43.8. The van der Waals surface area contributed by atoms with Gasteiger partial charge >= 0.3 is 0 Å². The molecule has 0 aliphatic carbocycles. The van der Waals surface area contributed by atoms with Crippen molar-refractivity contribution in [3.8, 4) is 34.3 Å². The molecule has 4 rings (SSSR count). The molecule has 0 saturated carbocycles. The summed E-state index contributed by atoms with van der Waals surface area (Å²) in [5.74, 6) is 3.49. The van der Waals surface area contributed by atoms with Crippen LogP contribution in [0, 0.1) is 0 Å². The molecule has 0 aliphatic heterocycles. The molecular weight excluding hydrogens is 777 g/mol. The van der Waals surface area contributed by atoms with Crippen LogP contribution in [0.1, 0.15) is 165 Å². The zero-order valence-electron chi connectivity index (χ0n) is 40.4. The Hall–Kier alpha value is -3.17. The van der Waals surface area contributed by atoms with Gasteiger partial charge in [-0.1, -0.05) is 168 Å². The molecule has 0 fully saturated rings. The smallest absolute Gasteiger partial charge is 0.159 e. The van der Waals surface area contributed by atoms with Crippen LogP contribution >= 0.6 is 0 Å². The van der Waals surface area contributed by atoms with Crippen LogP contribution < -0.4 is 4.74 Å². The number of ether oxygens (including phenoxy) is 1. The van der Waals surface area contributed by atoms with Gasteiger partial charge in [0.1, 0.15) is 11.5 Å². The number of aromatic nitrogens is 4. The van der Waals surface area contributed by atoms with Crippen molar-refractivity contribution in [1.29, 1.82) is 0 Å². The number of nitrogens with zero attached hydrogens (tertiary/aromatic N) is 4. The Morgan fingerprint density at radius 2 is 0.721 bits per heavy atom. The van der Waals surface area contributed by atoms with Crippen LogP contribution in [0.5, 0.6) is 11.5 Å². The van der Waals surface area contributed by atoms with Gasteiger partial charge < -0.3 is 4.74 Å². The van der Waals surface area contributed by atoms with E-state index in [1.165, 1.54) is 150 Å². The van der Waals surface area contributed by atoms with Gasteiger partial charge in [-0.15, -0.1) is 0 Å². The molecule has 0 unspecified atom stereocenters. The first-order valence-corrected chi connectivity index (χ1v) is 32.4. The highest BCUT2D eigenvalue weighted by Crippen LogP contribution is 2.35. The lowest BCUT2D eigenvalue weighted by molar-refractivity contribution is 0.466. The van der Waals surface area contributed by atoms with E-state index in [1.54, 1.807) is 0 Å². The van der Waals surface area contributed by atoms with Crippen molar-refractivity contribution in [2.45, 2.75) is 219 Å². The van der Waals surface area contributed by atoms with Gasteiger partial charge in [0.2, 0.25) is 0 Å². The summed E-state index contributed by atoms with van der Waals surface area (Å²) in [6.45, 7) is 19.5. The molecule has 4 aromatic rings. The predicted octanol–water partition coefficient (Wildman–Crippen LogP) is 17.1. The molecule has 7 heteroatoms. The quantitative estimate of drug-likeness (QED) is 0.0361. The highest BCUT2D eigenvalue weighted by atomic mass is 28.3. The summed E-state index contributed by atoms with van der Waals surface area (Å²) in [6.07, 6.45) is 37.9. The van der Waals surface area contributed by atoms with Crippen LogP contribution in [0.15, 0.2) is 61.2 Å². The fourth-order valence-electron chi connectivity index (χ4n) is 8.28. The van der Waals surface area contributed by atoms with E-state index in [0.717, 1.165) is 72.8 Å². The van der Waals surface area contributed by atoms with Gasteiger partial charge in [-0.05, 0) is 110 Å². The number of hydrogen-bond donors (Lipinski definition) is 0. The van der Waals surface area contributed by atoms with Crippen molar-refractivity contribution < 1.29 is 4.74 Å². The van der Waals surface area contributed by atoms with E-state index in [-0.39, 0.29) is 0 Å². The maximum absolute atomic E-state index is 6.99. The van der Waals surface area contributed by atoms with Gasteiger partial charge in [0, 0.05) is 52.1 Å². The van der Waals surface area contributed by atoms with Crippen LogP contribution in [0.25, 0.3) is 22.8 Å². The lowest BCUT2D eigenvalue weighted by Gasteiger charge is -2.17. The molecule has 5 nitrogen and oxygen atoms in total. The minimum absolute atomic E-state index is 0.798. The van der Waals surface area contributed by atoms with Crippen LogP contribution in [0.3, 0.4) is 0 Å². The molecule has 61 heavy (non-hydrogen) atoms. The summed E-state index contributed by atoms with van der Waals surface area (Å²) in [5, 5.41) is 0. The van der Waals surface area contributed by atoms with E-state index < -0.39 is 16.1 Å². The van der Waals surface area contributed by atoms with Crippen molar-refractivity contribution in [2.24, 2.45) is 0 Å². The average Bonchev–Trinajstić information content (AvgIpc) is 3.23. The molecule has 0 bridgehead atoms. The Morgan fingerprint density at radius 3 is 1.08 bits per heavy atom. The standard InChI is InChI=1S/C54H86N4OSi2/c1-9-11-13-15-17-23-29-45-41-55-53(56-42-45)49-33-35-51(47(39-49)31-25-19-21-27-37-60(3,4)5)59-52-36-34-50(40-48(52)32-26-20-22-28-38-61(6,7)8)54-57-43-46(44-58-54)30-24-18-16-14-12-10-2/h33-36,39-44H,9-32,37-38H2,1-8H3. The largest absolute Gasteiger partial charge is 0.457 e. The predicted molar refractivity (Wildman–Crippen MR) is 270 cm³/mol. The summed E-state index contributed by atoms with van der Waals surface area (Å²) >= 11 is 0. The molecule has 2 aromatic heterocycles. The molecule has 2 heterocycles. The normalized spacial score (nSPS) is 12.0. The summed E-state index contributed by atoms with van der Waals surface area (Å²) in [4.78, 5) is 19.5. The molecule has 0 radical (unpaired) electrons. The number of rotatable bonds is 32. The Morgan fingerprint density at radius 1 is 0.393 bits per heavy atom. The maximum atomic E-state index is 6.99. The van der Waals surface area contributed by atoms with Gasteiger partial charge in [-0.25, -0.2) is 19.9 Å². The van der Waals surface area contributed by atoms with E-state index >= 15 is 0 Å². The highest BCUT2D eigenvalue weighted by Gasteiger charge is 2.16. The van der Waals surface area contributed by atoms with Gasteiger partial charge in [0.05, 0.1) is 0 Å². The molecule has 0 atom stereocenters. The molecule has 336 valence electrons. The van der Waals surface area contributed by atoms with E-state index in [0.29, 0.717) is 0 Å². The first-order valence-electron chi connectivity index (χ1n) is 25.0. The van der Waals surface area contributed by atoms with E-state index in [1.807, 2.05) is 24.8 Å². The monoisotopic (exact) mass is 863 g/mol. The molecule has 0 aliphatic rings. The third-order valence-corrected chi connectivity index (χ3v) is 15.9. The van der Waals surface area contributed by atoms with Crippen molar-refractivity contribution in [3.63, 3.8) is 0 Å². The van der Waals surface area contributed by atoms with Gasteiger partial charge in [0.25, 0.3) is 0 Å². The summed E-state index contributed by atoms with van der Waals surface area (Å²) < 4.78 is 6.99. The second kappa shape index (κ2) is 27.8. The summed E-state index contributed by atoms with van der Waals surface area (Å²) in [5.41, 5.74) is 7.09. The second-order valence-electron chi connectivity index (χ2n) is 20.6. The third-order valence-electron chi connectivity index (χ3n) is 12.2. The van der Waals surface area contributed by atoms with Crippen LogP contribution in [-0.2, 0) is 25.7 Å². The first-order chi connectivity index (χ1) is 29.4. The fraction of sp³-hybridized carbons (Fsp3) is 0.630. The zero-order valence-corrected chi connectivity index (χ0v) is 42.4. The number of unbranched alkanes of at least 4 members (excludes halogenated alkanes) is 16. The van der Waals surface area contributed by atoms with Crippen LogP contribution in [-0.4, -0.2) is 36.1 Å². The Kier molecular flexibility index (Phi) is 23.0. The highest BCUT2D eigenvalue weighted by molar-refractivity contribution is 6.76. The fourth-order valence-corrected chi connectivity index (χ4v) is 10.9. The van der Waals surface area contributed by atoms with Gasteiger partial charge in [-0.2, -0.15) is 0 Å². The molecule has 2 aromatic carbocycles. The van der Waals surface area contributed by atoms with Crippen molar-refractivity contribution in [1.82, 2.24) is 19.9 Å². The number of aryl methyl sites for hydroxylation is 4. The second-order valence-corrected chi connectivity index (χ2v) is 31.8. The number of benzene rings is 2. The lowest BCUT2D eigenvalue weighted by Crippen LogP contribution is -2.18. The van der Waals surface area contributed by atoms with Crippen LogP contribution in [0.4, 0.5) is 0 Å². The van der Waals surface area contributed by atoms with E-state index in [2.05, 4.69) is 89.5 Å². The summed E-state index contributed by atoms with van der Waals surface area (Å²) in [7, 11) is -2.01.